The Labute approximate surface area is 195 Å². The summed E-state index contributed by atoms with van der Waals surface area (Å²) in [6.07, 6.45) is 1.52. The molecule has 0 bridgehead atoms. The maximum atomic E-state index is 12.2. The number of carbonyl (C=O) groups is 2. The lowest BCUT2D eigenvalue weighted by atomic mass is 9.97. The minimum atomic E-state index is -0.136. The van der Waals surface area contributed by atoms with Gasteiger partial charge in [0.2, 0.25) is 0 Å². The third-order valence-electron chi connectivity index (χ3n) is 4.76. The molecule has 9 heteroatoms. The van der Waals surface area contributed by atoms with Crippen LogP contribution >= 0.6 is 24.0 Å². The first-order valence-electron chi connectivity index (χ1n) is 10.2. The molecule has 0 unspecified atom stereocenters. The third kappa shape index (κ3) is 8.00. The number of nitrogens with one attached hydrogen (secondary N) is 2. The number of halogens is 1. The molecule has 2 rings (SSSR count). The molecule has 1 heterocycles. The maximum absolute atomic E-state index is 12.2. The van der Waals surface area contributed by atoms with Gasteiger partial charge in [-0.15, -0.1) is 24.0 Å². The summed E-state index contributed by atoms with van der Waals surface area (Å²) < 4.78 is 10.2. The van der Waals surface area contributed by atoms with Crippen LogP contribution in [-0.2, 0) is 9.53 Å². The predicted octanol–water partition coefficient (Wildman–Crippen LogP) is 2.28. The average Bonchev–Trinajstić information content (AvgIpc) is 2.76. The molecule has 1 aromatic rings. The Morgan fingerprint density at radius 3 is 2.37 bits per heavy atom. The Balaban J connectivity index is 0.00000450. The highest BCUT2D eigenvalue weighted by atomic mass is 127. The number of amides is 1. The van der Waals surface area contributed by atoms with E-state index in [1.807, 2.05) is 13.8 Å². The molecular weight excluding hydrogens is 499 g/mol. The normalized spacial score (nSPS) is 14.5. The van der Waals surface area contributed by atoms with Gasteiger partial charge in [0.25, 0.3) is 5.91 Å². The van der Waals surface area contributed by atoms with Gasteiger partial charge in [-0.3, -0.25) is 14.6 Å². The van der Waals surface area contributed by atoms with Gasteiger partial charge < -0.3 is 25.0 Å². The average molecular weight is 532 g/mol. The monoisotopic (exact) mass is 532 g/mol. The van der Waals surface area contributed by atoms with Gasteiger partial charge in [0.05, 0.1) is 26.2 Å². The Morgan fingerprint density at radius 2 is 1.80 bits per heavy atom. The van der Waals surface area contributed by atoms with Crippen molar-refractivity contribution < 1.29 is 19.1 Å². The van der Waals surface area contributed by atoms with Crippen molar-refractivity contribution in [3.05, 3.63) is 29.8 Å². The summed E-state index contributed by atoms with van der Waals surface area (Å²) in [7, 11) is 1.59. The van der Waals surface area contributed by atoms with Gasteiger partial charge in [-0.1, -0.05) is 0 Å². The summed E-state index contributed by atoms with van der Waals surface area (Å²) in [5.74, 6) is 1.26. The molecule has 0 aliphatic carbocycles. The lowest BCUT2D eigenvalue weighted by Gasteiger charge is -2.33. The molecule has 1 aliphatic heterocycles. The van der Waals surface area contributed by atoms with E-state index >= 15 is 0 Å². The highest BCUT2D eigenvalue weighted by Crippen LogP contribution is 2.18. The van der Waals surface area contributed by atoms with Crippen molar-refractivity contribution in [2.75, 3.05) is 46.4 Å². The van der Waals surface area contributed by atoms with Gasteiger partial charge in [0.15, 0.2) is 5.96 Å². The summed E-state index contributed by atoms with van der Waals surface area (Å²) in [5.41, 5.74) is 0.586. The first-order chi connectivity index (χ1) is 14.1. The molecule has 30 heavy (non-hydrogen) atoms. The molecule has 0 radical (unpaired) electrons. The van der Waals surface area contributed by atoms with Crippen LogP contribution in [0.1, 0.15) is 37.0 Å². The number of esters is 1. The summed E-state index contributed by atoms with van der Waals surface area (Å²) in [4.78, 5) is 30.9. The Hall–Kier alpha value is -2.04. The molecule has 0 aromatic heterocycles. The van der Waals surface area contributed by atoms with Crippen molar-refractivity contribution in [3.8, 4) is 5.75 Å². The van der Waals surface area contributed by atoms with Gasteiger partial charge in [-0.05, 0) is 51.0 Å². The SMILES string of the molecule is CCNC(=NCCNC(=O)c1ccc(OC)cc1)N1CCC(C(=O)OCC)CC1.I. The molecule has 1 amide bonds. The van der Waals surface area contributed by atoms with Crippen molar-refractivity contribution in [3.63, 3.8) is 0 Å². The van der Waals surface area contributed by atoms with E-state index in [-0.39, 0.29) is 41.8 Å². The number of methoxy groups -OCH3 is 1. The van der Waals surface area contributed by atoms with Crippen molar-refractivity contribution in [1.29, 1.82) is 0 Å². The zero-order valence-corrected chi connectivity index (χ0v) is 20.3. The molecule has 1 fully saturated rings. The van der Waals surface area contributed by atoms with E-state index in [0.29, 0.717) is 31.0 Å². The van der Waals surface area contributed by atoms with Crippen LogP contribution in [0.25, 0.3) is 0 Å². The highest BCUT2D eigenvalue weighted by Gasteiger charge is 2.27. The molecule has 8 nitrogen and oxygen atoms in total. The summed E-state index contributed by atoms with van der Waals surface area (Å²) in [6, 6.07) is 6.98. The number of benzene rings is 1. The van der Waals surface area contributed by atoms with Crippen LogP contribution in [0.15, 0.2) is 29.3 Å². The van der Waals surface area contributed by atoms with Crippen LogP contribution < -0.4 is 15.4 Å². The Morgan fingerprint density at radius 1 is 1.13 bits per heavy atom. The lowest BCUT2D eigenvalue weighted by molar-refractivity contribution is -0.149. The zero-order chi connectivity index (χ0) is 21.1. The first-order valence-corrected chi connectivity index (χ1v) is 10.2. The fourth-order valence-corrected chi connectivity index (χ4v) is 3.19. The van der Waals surface area contributed by atoms with Gasteiger partial charge in [0, 0.05) is 31.7 Å². The zero-order valence-electron chi connectivity index (χ0n) is 18.0. The number of nitrogens with zero attached hydrogens (tertiary/aromatic N) is 2. The smallest absolute Gasteiger partial charge is 0.309 e. The van der Waals surface area contributed by atoms with Crippen molar-refractivity contribution >= 4 is 41.8 Å². The van der Waals surface area contributed by atoms with Crippen molar-refractivity contribution in [2.24, 2.45) is 10.9 Å². The fourth-order valence-electron chi connectivity index (χ4n) is 3.19. The number of piperidine rings is 1. The quantitative estimate of drug-likeness (QED) is 0.176. The third-order valence-corrected chi connectivity index (χ3v) is 4.76. The number of guanidine groups is 1. The first kappa shape index (κ1) is 26.0. The number of aliphatic imine (C=N–C) groups is 1. The van der Waals surface area contributed by atoms with E-state index in [4.69, 9.17) is 9.47 Å². The number of hydrogen-bond acceptors (Lipinski definition) is 5. The van der Waals surface area contributed by atoms with E-state index in [1.54, 1.807) is 31.4 Å². The minimum absolute atomic E-state index is 0. The molecule has 0 spiro atoms. The molecule has 1 saturated heterocycles. The highest BCUT2D eigenvalue weighted by molar-refractivity contribution is 14.0. The van der Waals surface area contributed by atoms with E-state index in [1.165, 1.54) is 0 Å². The molecular formula is C21H33IN4O4. The molecule has 1 aromatic carbocycles. The second-order valence-electron chi connectivity index (χ2n) is 6.73. The Bertz CT molecular complexity index is 689. The molecule has 2 N–H and O–H groups in total. The van der Waals surface area contributed by atoms with Crippen LogP contribution in [0, 0.1) is 5.92 Å². The van der Waals surface area contributed by atoms with Crippen LogP contribution in [0.2, 0.25) is 0 Å². The van der Waals surface area contributed by atoms with E-state index in [0.717, 1.165) is 38.4 Å². The second-order valence-corrected chi connectivity index (χ2v) is 6.73. The fraction of sp³-hybridized carbons (Fsp3) is 0.571. The van der Waals surface area contributed by atoms with Crippen LogP contribution in [-0.4, -0.2) is 69.2 Å². The van der Waals surface area contributed by atoms with Crippen LogP contribution in [0.3, 0.4) is 0 Å². The molecule has 168 valence electrons. The Kier molecular flexibility index (Phi) is 12.2. The standard InChI is InChI=1S/C21H32N4O4.HI/c1-4-22-21(25-14-10-17(11-15-25)20(27)29-5-2)24-13-12-23-19(26)16-6-8-18(28-3)9-7-16;/h6-9,17H,4-5,10-15H2,1-3H3,(H,22,24)(H,23,26);1H. The van der Waals surface area contributed by atoms with Crippen molar-refractivity contribution in [2.45, 2.75) is 26.7 Å². The predicted molar refractivity (Wildman–Crippen MR) is 128 cm³/mol. The topological polar surface area (TPSA) is 92.3 Å². The minimum Gasteiger partial charge on any atom is -0.497 e. The number of ether oxygens (including phenoxy) is 2. The van der Waals surface area contributed by atoms with E-state index in [9.17, 15) is 9.59 Å². The van der Waals surface area contributed by atoms with Gasteiger partial charge in [-0.25, -0.2) is 0 Å². The maximum Gasteiger partial charge on any atom is 0.309 e. The molecule has 0 atom stereocenters. The van der Waals surface area contributed by atoms with E-state index < -0.39 is 0 Å². The number of carbonyl (C=O) groups excluding carboxylic acids is 2. The summed E-state index contributed by atoms with van der Waals surface area (Å²) >= 11 is 0. The second kappa shape index (κ2) is 14.1. The van der Waals surface area contributed by atoms with Gasteiger partial charge in [-0.2, -0.15) is 0 Å². The van der Waals surface area contributed by atoms with Crippen molar-refractivity contribution in [1.82, 2.24) is 15.5 Å². The molecule has 1 aliphatic rings. The number of likely N-dealkylation sites (tertiary alicyclic amines) is 1. The summed E-state index contributed by atoms with van der Waals surface area (Å²) in [6.45, 7) is 7.46. The summed E-state index contributed by atoms with van der Waals surface area (Å²) in [5, 5.41) is 6.17. The van der Waals surface area contributed by atoms with Crippen LogP contribution in [0.4, 0.5) is 0 Å². The largest absolute Gasteiger partial charge is 0.497 e. The van der Waals surface area contributed by atoms with E-state index in [2.05, 4.69) is 20.5 Å². The number of rotatable bonds is 8. The van der Waals surface area contributed by atoms with Crippen LogP contribution in [0.5, 0.6) is 5.75 Å². The lowest BCUT2D eigenvalue weighted by Crippen LogP contribution is -2.47. The number of hydrogen-bond donors (Lipinski definition) is 2. The molecule has 0 saturated carbocycles. The van der Waals surface area contributed by atoms with Gasteiger partial charge in [0.1, 0.15) is 5.75 Å². The van der Waals surface area contributed by atoms with Gasteiger partial charge >= 0.3 is 5.97 Å².